The average Bonchev–Trinajstić information content (AvgIpc) is 2.98. The van der Waals surface area contributed by atoms with Crippen LogP contribution in [0.4, 0.5) is 4.79 Å². The van der Waals surface area contributed by atoms with Gasteiger partial charge in [0.05, 0.1) is 17.9 Å². The van der Waals surface area contributed by atoms with Crippen LogP contribution in [-0.2, 0) is 11.2 Å². The van der Waals surface area contributed by atoms with Gasteiger partial charge in [-0.2, -0.15) is 0 Å². The molecule has 1 aliphatic rings. The summed E-state index contributed by atoms with van der Waals surface area (Å²) in [7, 11) is 1.52. The van der Waals surface area contributed by atoms with Gasteiger partial charge in [-0.05, 0) is 42.3 Å². The predicted molar refractivity (Wildman–Crippen MR) is 95.6 cm³/mol. The number of imide groups is 1. The SMILES string of the molecule is COc1c#cc(C(=O)COc2ccc(CC3SC(=O)NC3=O)cc2)cc1. The Morgan fingerprint density at radius 3 is 2.50 bits per heavy atom. The fourth-order valence-electron chi connectivity index (χ4n) is 2.34. The van der Waals surface area contributed by atoms with Crippen LogP contribution in [-0.4, -0.2) is 35.9 Å². The quantitative estimate of drug-likeness (QED) is 0.755. The molecule has 0 aliphatic carbocycles. The highest BCUT2D eigenvalue weighted by Gasteiger charge is 2.31. The molecule has 7 heteroatoms. The second kappa shape index (κ2) is 7.93. The molecule has 2 amide bonds. The molecule has 1 fully saturated rings. The lowest BCUT2D eigenvalue weighted by molar-refractivity contribution is -0.118. The molecule has 132 valence electrons. The van der Waals surface area contributed by atoms with Crippen molar-refractivity contribution in [2.75, 3.05) is 13.7 Å². The van der Waals surface area contributed by atoms with Gasteiger partial charge in [0.25, 0.3) is 5.24 Å². The molecular weight excluding hydrogens is 354 g/mol. The molecule has 1 atom stereocenters. The van der Waals surface area contributed by atoms with Crippen LogP contribution in [0.2, 0.25) is 0 Å². The number of amides is 2. The van der Waals surface area contributed by atoms with Gasteiger partial charge in [0.15, 0.2) is 12.4 Å². The zero-order chi connectivity index (χ0) is 18.5. The second-order valence-corrected chi connectivity index (χ2v) is 6.68. The first kappa shape index (κ1) is 17.8. The molecule has 0 bridgehead atoms. The first-order valence-corrected chi connectivity index (χ1v) is 8.67. The third kappa shape index (κ3) is 4.35. The van der Waals surface area contributed by atoms with Gasteiger partial charge in [0.2, 0.25) is 11.7 Å². The van der Waals surface area contributed by atoms with E-state index in [4.69, 9.17) is 9.47 Å². The lowest BCUT2D eigenvalue weighted by atomic mass is 10.1. The maximum absolute atomic E-state index is 12.1. The molecule has 0 spiro atoms. The zero-order valence-corrected chi connectivity index (χ0v) is 14.7. The van der Waals surface area contributed by atoms with Gasteiger partial charge in [-0.25, -0.2) is 0 Å². The lowest BCUT2D eigenvalue weighted by Crippen LogP contribution is -2.25. The highest BCUT2D eigenvalue weighted by atomic mass is 32.2. The fourth-order valence-corrected chi connectivity index (χ4v) is 3.20. The molecule has 0 radical (unpaired) electrons. The second-order valence-electron chi connectivity index (χ2n) is 5.51. The number of benzene rings is 1. The van der Waals surface area contributed by atoms with E-state index in [9.17, 15) is 14.4 Å². The average molecular weight is 369 g/mol. The Balaban J connectivity index is 1.53. The maximum atomic E-state index is 12.1. The summed E-state index contributed by atoms with van der Waals surface area (Å²) in [5.74, 6) is 0.567. The van der Waals surface area contributed by atoms with Crippen LogP contribution < -0.4 is 14.8 Å². The number of hydrogen-bond donors (Lipinski definition) is 1. The number of carbonyl (C=O) groups is 3. The lowest BCUT2D eigenvalue weighted by Gasteiger charge is -2.08. The van der Waals surface area contributed by atoms with Crippen LogP contribution in [0.1, 0.15) is 15.9 Å². The van der Waals surface area contributed by atoms with E-state index in [0.29, 0.717) is 23.5 Å². The highest BCUT2D eigenvalue weighted by molar-refractivity contribution is 8.15. The Hall–Kier alpha value is -2.98. The Morgan fingerprint density at radius 1 is 1.15 bits per heavy atom. The summed E-state index contributed by atoms with van der Waals surface area (Å²) in [6, 6.07) is 15.8. The Labute approximate surface area is 154 Å². The third-order valence-electron chi connectivity index (χ3n) is 3.72. The molecule has 1 N–H and O–H groups in total. The molecular formula is C19H15NO5S. The number of ketones is 1. The smallest absolute Gasteiger partial charge is 0.286 e. The minimum Gasteiger partial charge on any atom is -0.489 e. The molecule has 6 nitrogen and oxygen atoms in total. The van der Waals surface area contributed by atoms with Gasteiger partial charge >= 0.3 is 0 Å². The molecule has 0 aromatic heterocycles. The largest absolute Gasteiger partial charge is 0.489 e. The van der Waals surface area contributed by atoms with Crippen LogP contribution in [0.3, 0.4) is 0 Å². The third-order valence-corrected chi connectivity index (χ3v) is 4.70. The molecule has 0 saturated carbocycles. The fraction of sp³-hybridized carbons (Fsp3) is 0.211. The summed E-state index contributed by atoms with van der Waals surface area (Å²) in [6.07, 6.45) is 0.456. The van der Waals surface area contributed by atoms with Crippen molar-refractivity contribution in [3.8, 4) is 11.5 Å². The molecule has 1 aliphatic heterocycles. The van der Waals surface area contributed by atoms with E-state index in [0.717, 1.165) is 17.3 Å². The zero-order valence-electron chi connectivity index (χ0n) is 13.9. The van der Waals surface area contributed by atoms with Crippen LogP contribution >= 0.6 is 11.8 Å². The Kier molecular flexibility index (Phi) is 5.44. The van der Waals surface area contributed by atoms with E-state index in [1.807, 2.05) is 12.1 Å². The molecule has 26 heavy (non-hydrogen) atoms. The van der Waals surface area contributed by atoms with Crippen LogP contribution in [0.5, 0.6) is 11.5 Å². The standard InChI is InChI=1S/C19H15NO5S/c1-24-14-8-4-13(5-9-14)16(21)11-25-15-6-2-12(3-7-15)10-17-18(22)20-19(23)26-17/h2-4,6-8,17H,10-11H2,1H3,(H,20,22,23). The first-order valence-electron chi connectivity index (χ1n) is 7.79. The summed E-state index contributed by atoms with van der Waals surface area (Å²) in [6.45, 7) is -0.120. The number of carbonyl (C=O) groups excluding carboxylic acids is 3. The number of rotatable bonds is 7. The van der Waals surface area contributed by atoms with E-state index in [1.54, 1.807) is 24.3 Å². The van der Waals surface area contributed by atoms with Crippen molar-refractivity contribution in [3.05, 3.63) is 59.7 Å². The van der Waals surface area contributed by atoms with Gasteiger partial charge in [-0.1, -0.05) is 30.0 Å². The van der Waals surface area contributed by atoms with E-state index in [2.05, 4.69) is 17.4 Å². The minimum absolute atomic E-state index is 0.120. The number of thioether (sulfide) groups is 1. The van der Waals surface area contributed by atoms with Gasteiger partial charge in [-0.15, -0.1) is 0 Å². The van der Waals surface area contributed by atoms with E-state index >= 15 is 0 Å². The summed E-state index contributed by atoms with van der Waals surface area (Å²) in [5, 5.41) is 1.54. The summed E-state index contributed by atoms with van der Waals surface area (Å²) in [4.78, 5) is 34.8. The normalized spacial score (nSPS) is 16.0. The Morgan fingerprint density at radius 2 is 1.92 bits per heavy atom. The van der Waals surface area contributed by atoms with Crippen molar-refractivity contribution in [2.45, 2.75) is 11.7 Å². The number of nitrogens with one attached hydrogen (secondary N) is 1. The van der Waals surface area contributed by atoms with Gasteiger partial charge < -0.3 is 9.47 Å². The summed E-state index contributed by atoms with van der Waals surface area (Å²) < 4.78 is 10.5. The van der Waals surface area contributed by atoms with Crippen LogP contribution in [0.25, 0.3) is 0 Å². The van der Waals surface area contributed by atoms with E-state index in [1.165, 1.54) is 7.11 Å². The van der Waals surface area contributed by atoms with Crippen LogP contribution in [0, 0.1) is 12.1 Å². The summed E-state index contributed by atoms with van der Waals surface area (Å²) >= 11 is 0.996. The Bertz CT molecular complexity index is 817. The van der Waals surface area contributed by atoms with Crippen molar-refractivity contribution >= 4 is 28.7 Å². The number of hydrogen-bond acceptors (Lipinski definition) is 6. The van der Waals surface area contributed by atoms with Gasteiger partial charge in [-0.3, -0.25) is 19.7 Å². The van der Waals surface area contributed by atoms with Crippen molar-refractivity contribution in [2.24, 2.45) is 0 Å². The maximum Gasteiger partial charge on any atom is 0.286 e. The molecule has 1 unspecified atom stereocenters. The molecule has 3 rings (SSSR count). The minimum atomic E-state index is -0.405. The molecule has 1 saturated heterocycles. The number of Topliss-reactive ketones (excluding diaryl/α,β-unsaturated/α-hetero) is 1. The van der Waals surface area contributed by atoms with Gasteiger partial charge in [0, 0.05) is 0 Å². The van der Waals surface area contributed by atoms with Crippen molar-refractivity contribution in [1.29, 1.82) is 0 Å². The molecule has 2 aromatic carbocycles. The molecule has 2 aromatic rings. The van der Waals surface area contributed by atoms with Crippen molar-refractivity contribution in [1.82, 2.24) is 5.32 Å². The monoisotopic (exact) mass is 369 g/mol. The van der Waals surface area contributed by atoms with Crippen molar-refractivity contribution in [3.63, 3.8) is 0 Å². The van der Waals surface area contributed by atoms with Crippen LogP contribution in [0.15, 0.2) is 36.4 Å². The number of ether oxygens (including phenoxy) is 2. The number of methoxy groups -OCH3 is 1. The van der Waals surface area contributed by atoms with E-state index < -0.39 is 5.25 Å². The predicted octanol–water partition coefficient (Wildman–Crippen LogP) is 2.45. The first-order chi connectivity index (χ1) is 12.5. The molecule has 1 heterocycles. The van der Waals surface area contributed by atoms with Crippen molar-refractivity contribution < 1.29 is 23.9 Å². The van der Waals surface area contributed by atoms with E-state index in [-0.39, 0.29) is 23.5 Å². The topological polar surface area (TPSA) is 81.7 Å². The summed E-state index contributed by atoms with van der Waals surface area (Å²) in [5.41, 5.74) is 1.28. The van der Waals surface area contributed by atoms with Gasteiger partial charge in [0.1, 0.15) is 5.75 Å². The highest BCUT2D eigenvalue weighted by Crippen LogP contribution is 2.23.